The molecular weight excluding hydrogens is 295 g/mol. The molecule has 1 N–H and O–H groups in total. The van der Waals surface area contributed by atoms with E-state index in [0.29, 0.717) is 0 Å². The predicted molar refractivity (Wildman–Crippen MR) is 66.4 cm³/mol. The Morgan fingerprint density at radius 3 is 2.45 bits per heavy atom. The Hall–Kier alpha value is -1.12. The zero-order valence-electron chi connectivity index (χ0n) is 10.6. The third-order valence-corrected chi connectivity index (χ3v) is 4.54. The van der Waals surface area contributed by atoms with Crippen molar-refractivity contribution in [3.05, 3.63) is 35.4 Å². The van der Waals surface area contributed by atoms with Crippen LogP contribution < -0.4 is 0 Å². The van der Waals surface area contributed by atoms with E-state index in [4.69, 9.17) is 0 Å². The van der Waals surface area contributed by atoms with Gasteiger partial charge in [-0.15, -0.1) is 0 Å². The Labute approximate surface area is 114 Å². The van der Waals surface area contributed by atoms with Crippen molar-refractivity contribution < 1.29 is 26.7 Å². The molecule has 0 aliphatic carbocycles. The standard InChI is InChI=1S/C12H14F3NO3S/c1-20(18,19)16-7-8(17)6-11(16)9-4-2-3-5-10(9)12(13,14)15/h2-5,8,11,17H,6-7H2,1H3/t8-,11+/m1/s1. The molecule has 0 bridgehead atoms. The summed E-state index contributed by atoms with van der Waals surface area (Å²) in [6.07, 6.45) is -4.64. The molecule has 0 amide bonds. The third kappa shape index (κ3) is 2.97. The van der Waals surface area contributed by atoms with Crippen LogP contribution in [0, 0.1) is 0 Å². The lowest BCUT2D eigenvalue weighted by Crippen LogP contribution is -2.31. The van der Waals surface area contributed by atoms with Crippen molar-refractivity contribution in [1.82, 2.24) is 4.31 Å². The summed E-state index contributed by atoms with van der Waals surface area (Å²) in [4.78, 5) is 0. The van der Waals surface area contributed by atoms with Crippen molar-refractivity contribution >= 4 is 10.0 Å². The van der Waals surface area contributed by atoms with Crippen LogP contribution in [0.5, 0.6) is 0 Å². The second-order valence-electron chi connectivity index (χ2n) is 4.82. The zero-order chi connectivity index (χ0) is 15.1. The van der Waals surface area contributed by atoms with Crippen LogP contribution in [0.3, 0.4) is 0 Å². The average molecular weight is 309 g/mol. The van der Waals surface area contributed by atoms with Crippen molar-refractivity contribution in [1.29, 1.82) is 0 Å². The van der Waals surface area contributed by atoms with E-state index in [1.165, 1.54) is 18.2 Å². The molecule has 2 atom stereocenters. The zero-order valence-corrected chi connectivity index (χ0v) is 11.4. The van der Waals surface area contributed by atoms with Gasteiger partial charge in [0.05, 0.1) is 24.0 Å². The first-order chi connectivity index (χ1) is 9.10. The molecule has 1 aromatic rings. The summed E-state index contributed by atoms with van der Waals surface area (Å²) in [5, 5.41) is 9.60. The Morgan fingerprint density at radius 2 is 1.90 bits per heavy atom. The maximum absolute atomic E-state index is 13.0. The van der Waals surface area contributed by atoms with Crippen LogP contribution in [0.1, 0.15) is 23.6 Å². The fourth-order valence-electron chi connectivity index (χ4n) is 2.48. The molecular formula is C12H14F3NO3S. The van der Waals surface area contributed by atoms with E-state index in [9.17, 15) is 26.7 Å². The van der Waals surface area contributed by atoms with Gasteiger partial charge in [0.15, 0.2) is 0 Å². The number of alkyl halides is 3. The second-order valence-corrected chi connectivity index (χ2v) is 6.76. The van der Waals surface area contributed by atoms with E-state index < -0.39 is 33.9 Å². The van der Waals surface area contributed by atoms with Crippen molar-refractivity contribution in [2.75, 3.05) is 12.8 Å². The molecule has 1 heterocycles. The number of β-amino-alcohol motifs (C(OH)–C–C–N with tert-alkyl or cyclic N) is 1. The molecule has 1 aliphatic rings. The SMILES string of the molecule is CS(=O)(=O)N1C[C@H](O)C[C@H]1c1ccccc1C(F)(F)F. The van der Waals surface area contributed by atoms with E-state index >= 15 is 0 Å². The largest absolute Gasteiger partial charge is 0.416 e. The lowest BCUT2D eigenvalue weighted by molar-refractivity contribution is -0.138. The van der Waals surface area contributed by atoms with E-state index in [0.717, 1.165) is 16.6 Å². The molecule has 1 aliphatic heterocycles. The van der Waals surface area contributed by atoms with Crippen LogP contribution >= 0.6 is 0 Å². The normalized spacial score (nSPS) is 25.1. The van der Waals surface area contributed by atoms with Gasteiger partial charge in [0.2, 0.25) is 10.0 Å². The fourth-order valence-corrected chi connectivity index (χ4v) is 3.58. The number of sulfonamides is 1. The van der Waals surface area contributed by atoms with Gasteiger partial charge < -0.3 is 5.11 Å². The van der Waals surface area contributed by atoms with Crippen LogP contribution in [0.4, 0.5) is 13.2 Å². The molecule has 0 radical (unpaired) electrons. The lowest BCUT2D eigenvalue weighted by atomic mass is 9.98. The molecule has 1 saturated heterocycles. The van der Waals surface area contributed by atoms with E-state index in [1.807, 2.05) is 0 Å². The molecule has 0 aromatic heterocycles. The van der Waals surface area contributed by atoms with Gasteiger partial charge in [-0.1, -0.05) is 18.2 Å². The van der Waals surface area contributed by atoms with Gasteiger partial charge in [-0.25, -0.2) is 8.42 Å². The Morgan fingerprint density at radius 1 is 1.30 bits per heavy atom. The predicted octanol–water partition coefficient (Wildman–Crippen LogP) is 1.77. The summed E-state index contributed by atoms with van der Waals surface area (Å²) in [6, 6.07) is 3.86. The average Bonchev–Trinajstić information content (AvgIpc) is 2.70. The maximum Gasteiger partial charge on any atom is 0.416 e. The van der Waals surface area contributed by atoms with Crippen LogP contribution in [0.15, 0.2) is 24.3 Å². The summed E-state index contributed by atoms with van der Waals surface area (Å²) < 4.78 is 63.2. The highest BCUT2D eigenvalue weighted by molar-refractivity contribution is 7.88. The van der Waals surface area contributed by atoms with Crippen molar-refractivity contribution in [2.45, 2.75) is 24.7 Å². The minimum atomic E-state index is -4.56. The quantitative estimate of drug-likeness (QED) is 0.906. The molecule has 0 saturated carbocycles. The monoisotopic (exact) mass is 309 g/mol. The van der Waals surface area contributed by atoms with Gasteiger partial charge in [0.25, 0.3) is 0 Å². The van der Waals surface area contributed by atoms with Crippen molar-refractivity contribution in [2.24, 2.45) is 0 Å². The molecule has 0 spiro atoms. The molecule has 0 unspecified atom stereocenters. The molecule has 20 heavy (non-hydrogen) atoms. The number of halogens is 3. The summed E-state index contributed by atoms with van der Waals surface area (Å²) in [5.41, 5.74) is -0.991. The second kappa shape index (κ2) is 5.01. The highest BCUT2D eigenvalue weighted by atomic mass is 32.2. The van der Waals surface area contributed by atoms with E-state index in [2.05, 4.69) is 0 Å². The Kier molecular flexibility index (Phi) is 3.83. The Bertz CT molecular complexity index is 600. The molecule has 8 heteroatoms. The molecule has 1 aromatic carbocycles. The summed E-state index contributed by atoms with van der Waals surface area (Å²) in [6.45, 7) is -0.185. The van der Waals surface area contributed by atoms with E-state index in [1.54, 1.807) is 0 Å². The highest BCUT2D eigenvalue weighted by Crippen LogP contribution is 2.41. The van der Waals surface area contributed by atoms with Crippen LogP contribution in [-0.2, 0) is 16.2 Å². The molecule has 112 valence electrons. The third-order valence-electron chi connectivity index (χ3n) is 3.28. The Balaban J connectivity index is 2.51. The first-order valence-electron chi connectivity index (χ1n) is 5.91. The van der Waals surface area contributed by atoms with Gasteiger partial charge in [0.1, 0.15) is 0 Å². The number of benzene rings is 1. The molecule has 2 rings (SSSR count). The highest BCUT2D eigenvalue weighted by Gasteiger charge is 2.42. The van der Waals surface area contributed by atoms with Crippen LogP contribution in [0.25, 0.3) is 0 Å². The first-order valence-corrected chi connectivity index (χ1v) is 7.76. The smallest absolute Gasteiger partial charge is 0.392 e. The summed E-state index contributed by atoms with van der Waals surface area (Å²) in [7, 11) is -3.69. The van der Waals surface area contributed by atoms with Crippen molar-refractivity contribution in [3.8, 4) is 0 Å². The molecule has 4 nitrogen and oxygen atoms in total. The number of hydrogen-bond acceptors (Lipinski definition) is 3. The summed E-state index contributed by atoms with van der Waals surface area (Å²) in [5.74, 6) is 0. The van der Waals surface area contributed by atoms with Crippen LogP contribution in [-0.4, -0.2) is 36.7 Å². The minimum Gasteiger partial charge on any atom is -0.392 e. The van der Waals surface area contributed by atoms with Gasteiger partial charge in [-0.3, -0.25) is 0 Å². The van der Waals surface area contributed by atoms with Gasteiger partial charge in [0, 0.05) is 6.54 Å². The number of aliphatic hydroxyl groups excluding tert-OH is 1. The number of aliphatic hydroxyl groups is 1. The topological polar surface area (TPSA) is 57.6 Å². The maximum atomic E-state index is 13.0. The number of hydrogen-bond donors (Lipinski definition) is 1. The van der Waals surface area contributed by atoms with Crippen LogP contribution in [0.2, 0.25) is 0 Å². The number of nitrogens with zero attached hydrogens (tertiary/aromatic N) is 1. The first kappa shape index (κ1) is 15.3. The molecule has 1 fully saturated rings. The summed E-state index contributed by atoms with van der Waals surface area (Å²) >= 11 is 0. The fraction of sp³-hybridized carbons (Fsp3) is 0.500. The van der Waals surface area contributed by atoms with Gasteiger partial charge in [-0.05, 0) is 18.1 Å². The van der Waals surface area contributed by atoms with Gasteiger partial charge >= 0.3 is 6.18 Å². The van der Waals surface area contributed by atoms with E-state index in [-0.39, 0.29) is 18.5 Å². The number of rotatable bonds is 2. The van der Waals surface area contributed by atoms with Crippen molar-refractivity contribution in [3.63, 3.8) is 0 Å². The minimum absolute atomic E-state index is 0.0415. The van der Waals surface area contributed by atoms with Gasteiger partial charge in [-0.2, -0.15) is 17.5 Å². The lowest BCUT2D eigenvalue weighted by Gasteiger charge is -2.24.